The van der Waals surface area contributed by atoms with Crippen LogP contribution in [0.3, 0.4) is 0 Å². The summed E-state index contributed by atoms with van der Waals surface area (Å²) in [6.45, 7) is 0. The molecule has 0 bridgehead atoms. The van der Waals surface area contributed by atoms with Gasteiger partial charge in [0.2, 0.25) is 0 Å². The molecule has 0 saturated heterocycles. The molecule has 0 aromatic carbocycles. The fourth-order valence-corrected chi connectivity index (χ4v) is 0. The third-order valence-corrected chi connectivity index (χ3v) is 0. The molecule has 0 aliphatic rings. The molecule has 32 valence electrons. The van der Waals surface area contributed by atoms with Gasteiger partial charge in [0.25, 0.3) is 0 Å². The van der Waals surface area contributed by atoms with Crippen LogP contribution in [0.1, 0.15) is 0 Å². The van der Waals surface area contributed by atoms with Crippen LogP contribution in [0.15, 0.2) is 0 Å². The minimum atomic E-state index is 1.96. The number of rotatable bonds is 0. The first-order valence-electron chi connectivity index (χ1n) is 0.257. The van der Waals surface area contributed by atoms with E-state index in [2.05, 4.69) is 29.9 Å². The van der Waals surface area contributed by atoms with Gasteiger partial charge in [-0.05, 0) is 12.7 Å². The molecule has 0 radical (unpaired) electrons. The predicted molar refractivity (Wildman–Crippen MR) is 37.0 cm³/mol. The summed E-state index contributed by atoms with van der Waals surface area (Å²) in [7, 11) is 0. The van der Waals surface area contributed by atoms with E-state index in [4.69, 9.17) is 0 Å². The Hall–Kier alpha value is 2.68. The Morgan fingerprint density at radius 3 is 1.25 bits per heavy atom. The molecule has 4 heavy (non-hydrogen) atoms. The van der Waals surface area contributed by atoms with Gasteiger partial charge in [-0.2, -0.15) is 0 Å². The van der Waals surface area contributed by atoms with Crippen LogP contribution in [0.2, 0.25) is 0 Å². The van der Waals surface area contributed by atoms with Crippen molar-refractivity contribution in [1.29, 1.82) is 0 Å². The summed E-state index contributed by atoms with van der Waals surface area (Å²) in [6.07, 6.45) is 0. The fraction of sp³-hybridized carbons (Fsp3) is 0. The van der Waals surface area contributed by atoms with Crippen LogP contribution in [-0.4, -0.2) is 0 Å². The van der Waals surface area contributed by atoms with Crippen LogP contribution < -0.4 is 0 Å². The van der Waals surface area contributed by atoms with Crippen molar-refractivity contribution in [1.82, 2.24) is 0 Å². The van der Waals surface area contributed by atoms with Crippen molar-refractivity contribution in [3.8, 4) is 0 Å². The Labute approximate surface area is 67.8 Å². The van der Waals surface area contributed by atoms with Gasteiger partial charge in [-0.15, -0.1) is 0 Å². The second kappa shape index (κ2) is 17.3. The van der Waals surface area contributed by atoms with E-state index in [0.717, 1.165) is 0 Å². The van der Waals surface area contributed by atoms with Gasteiger partial charge < -0.3 is 0 Å². The summed E-state index contributed by atoms with van der Waals surface area (Å²) >= 11 is 9.75. The van der Waals surface area contributed by atoms with Gasteiger partial charge in [0, 0.05) is 20.4 Å². The molecule has 0 unspecified atom stereocenters. The van der Waals surface area contributed by atoms with E-state index in [9.17, 15) is 0 Å². The molecule has 0 aliphatic heterocycles. The molecule has 4 heteroatoms. The van der Waals surface area contributed by atoms with Gasteiger partial charge in [0.15, 0.2) is 0 Å². The van der Waals surface area contributed by atoms with Crippen LogP contribution >= 0.6 is 52.1 Å². The summed E-state index contributed by atoms with van der Waals surface area (Å²) in [4.78, 5) is 0. The first kappa shape index (κ1) is 9.84. The standard InChI is InChI=1S/Ag.BrI.HI/c;1-2;/h;;1H/q+1;;/p-1. The minimum absolute atomic E-state index is 1.96. The molecule has 0 N–H and O–H groups in total. The summed E-state index contributed by atoms with van der Waals surface area (Å²) in [5, 5.41) is 0. The Morgan fingerprint density at radius 2 is 1.25 bits per heavy atom. The Morgan fingerprint density at radius 1 is 1.25 bits per heavy atom. The monoisotopic (exact) mass is 440 g/mol. The maximum absolute atomic E-state index is 2.92. The number of halogens is 3. The topological polar surface area (TPSA) is 0 Å². The van der Waals surface area contributed by atoms with Gasteiger partial charge in [-0.25, -0.2) is 0 Å². The van der Waals surface area contributed by atoms with E-state index in [0.29, 0.717) is 0 Å². The van der Waals surface area contributed by atoms with Crippen LogP contribution in [0.25, 0.3) is 0 Å². The zero-order chi connectivity index (χ0) is 4.00. The van der Waals surface area contributed by atoms with Crippen LogP contribution in [0.4, 0.5) is 0 Å². The number of hydrogen-bond acceptors (Lipinski definition) is 0. The Kier molecular flexibility index (Phi) is 42.6. The molecule has 0 atom stereocenters. The van der Waals surface area contributed by atoms with Crippen molar-refractivity contribution < 1.29 is 17.3 Å². The predicted octanol–water partition coefficient (Wildman–Crippen LogP) is 2.61. The molecular weight excluding hydrogens is 442 g/mol. The third-order valence-electron chi connectivity index (χ3n) is 0. The molecule has 0 amide bonds. The van der Waals surface area contributed by atoms with Crippen molar-refractivity contribution in [2.24, 2.45) is 0 Å². The Balaban J connectivity index is 0. The van der Waals surface area contributed by atoms with Gasteiger partial charge in [-0.1, -0.05) is 0 Å². The maximum atomic E-state index is 2.92. The van der Waals surface area contributed by atoms with Crippen LogP contribution in [0, 0.1) is 0 Å². The molecular formula is AgBrI2. The summed E-state index contributed by atoms with van der Waals surface area (Å²) in [6, 6.07) is 0. The summed E-state index contributed by atoms with van der Waals surface area (Å²) < 4.78 is 0. The van der Waals surface area contributed by atoms with E-state index in [1.54, 1.807) is 0 Å². The first-order valence-corrected chi connectivity index (χ1v) is 9.50. The van der Waals surface area contributed by atoms with E-state index < -0.39 is 0 Å². The van der Waals surface area contributed by atoms with E-state index >= 15 is 0 Å². The zero-order valence-electron chi connectivity index (χ0n) is 1.44. The molecule has 0 fully saturated rings. The zero-order valence-corrected chi connectivity index (χ0v) is 8.82. The Bertz CT molecular complexity index is 6.00. The molecule has 0 rings (SSSR count). The molecule has 0 heterocycles. The molecule has 0 aliphatic carbocycles. The third kappa shape index (κ3) is 8.82. The number of hydrogen-bond donors (Lipinski definition) is 0. The molecule has 0 aromatic heterocycles. The van der Waals surface area contributed by atoms with Gasteiger partial charge >= 0.3 is 36.3 Å². The summed E-state index contributed by atoms with van der Waals surface area (Å²) in [5.41, 5.74) is 0. The van der Waals surface area contributed by atoms with Crippen LogP contribution in [0.5, 0.6) is 0 Å². The second-order valence-corrected chi connectivity index (χ2v) is 0. The SMILES string of the molecule is BrI.[Ag][I]. The average Bonchev–Trinajstić information content (AvgIpc) is 1.50. The van der Waals surface area contributed by atoms with E-state index in [1.165, 1.54) is 0 Å². The van der Waals surface area contributed by atoms with Crippen molar-refractivity contribution in [3.05, 3.63) is 0 Å². The fourth-order valence-electron chi connectivity index (χ4n) is 0. The molecule has 0 nitrogen and oxygen atoms in total. The first-order chi connectivity index (χ1) is 2.00. The average molecular weight is 442 g/mol. The van der Waals surface area contributed by atoms with Gasteiger partial charge in [0.05, 0.1) is 0 Å². The molecule has 0 spiro atoms. The van der Waals surface area contributed by atoms with Gasteiger partial charge in [0.1, 0.15) is 0 Å². The molecule has 0 aromatic rings. The van der Waals surface area contributed by atoms with Crippen molar-refractivity contribution >= 4 is 52.1 Å². The normalized spacial score (nSPS) is 3.25. The second-order valence-electron chi connectivity index (χ2n) is 0. The quantitative estimate of drug-likeness (QED) is 0.401. The molecule has 0 saturated carbocycles. The van der Waals surface area contributed by atoms with Gasteiger partial charge in [-0.3, -0.25) is 0 Å². The summed E-state index contributed by atoms with van der Waals surface area (Å²) in [5.74, 6) is 0. The van der Waals surface area contributed by atoms with Crippen LogP contribution in [-0.2, 0) is 17.3 Å². The van der Waals surface area contributed by atoms with Crippen molar-refractivity contribution in [2.75, 3.05) is 0 Å². The van der Waals surface area contributed by atoms with E-state index in [-0.39, 0.29) is 0 Å². The van der Waals surface area contributed by atoms with Crippen molar-refractivity contribution in [2.45, 2.75) is 0 Å². The van der Waals surface area contributed by atoms with Crippen molar-refractivity contribution in [3.63, 3.8) is 0 Å². The van der Waals surface area contributed by atoms with E-state index in [1.807, 2.05) is 39.4 Å².